The van der Waals surface area contributed by atoms with Crippen LogP contribution >= 0.6 is 0 Å². The van der Waals surface area contributed by atoms with Gasteiger partial charge in [0.15, 0.2) is 5.84 Å². The molecule has 1 heterocycles. The van der Waals surface area contributed by atoms with Crippen molar-refractivity contribution in [3.8, 4) is 11.5 Å². The molecule has 148 valence electrons. The standard InChI is InChI=1S/C21H22N6O2/c1-28-13-8-10-17(29-2)15(11-13)21(18(22)23)19(26-20(24)27-21)25-16-9-7-12-5-3-4-6-14(12)16/h3-6,8,10-11H,7,9H2,1-2H3,(H3,22,23)(H2,24,27). The molecule has 1 aliphatic heterocycles. The van der Waals surface area contributed by atoms with Gasteiger partial charge in [-0.3, -0.25) is 5.41 Å². The number of aryl methyl sites for hydroxylation is 1. The summed E-state index contributed by atoms with van der Waals surface area (Å²) in [6, 6.07) is 13.3. The molecular weight excluding hydrogens is 368 g/mol. The summed E-state index contributed by atoms with van der Waals surface area (Å²) in [6.07, 6.45) is 1.66. The van der Waals surface area contributed by atoms with Crippen molar-refractivity contribution in [3.05, 3.63) is 59.2 Å². The molecule has 0 amide bonds. The number of benzene rings is 2. The fourth-order valence-corrected chi connectivity index (χ4v) is 3.80. The molecule has 0 spiro atoms. The summed E-state index contributed by atoms with van der Waals surface area (Å²) in [5.41, 5.74) is 14.2. The third kappa shape index (κ3) is 2.93. The Bertz CT molecular complexity index is 1090. The van der Waals surface area contributed by atoms with Gasteiger partial charge in [-0.25, -0.2) is 9.98 Å². The number of hydrogen-bond acceptors (Lipinski definition) is 7. The molecule has 2 aliphatic rings. The topological polar surface area (TPSA) is 131 Å². The lowest BCUT2D eigenvalue weighted by Crippen LogP contribution is -2.44. The fourth-order valence-electron chi connectivity index (χ4n) is 3.80. The van der Waals surface area contributed by atoms with Crippen LogP contribution in [0.1, 0.15) is 23.1 Å². The van der Waals surface area contributed by atoms with Gasteiger partial charge in [0.25, 0.3) is 0 Å². The zero-order valence-corrected chi connectivity index (χ0v) is 16.3. The number of nitrogens with zero attached hydrogens (tertiary/aromatic N) is 3. The van der Waals surface area contributed by atoms with Crippen molar-refractivity contribution in [1.82, 2.24) is 0 Å². The highest BCUT2D eigenvalue weighted by atomic mass is 16.5. The molecule has 2 aromatic carbocycles. The SMILES string of the molecule is COc1ccc(OC)c(C2(C(=N)N)N=C(N)N=C2N=C2CCc3ccccc32)c1. The van der Waals surface area contributed by atoms with Gasteiger partial charge in [-0.1, -0.05) is 24.3 Å². The second-order valence-corrected chi connectivity index (χ2v) is 6.81. The monoisotopic (exact) mass is 390 g/mol. The van der Waals surface area contributed by atoms with Crippen LogP contribution in [0.25, 0.3) is 0 Å². The number of nitrogens with one attached hydrogen (secondary N) is 1. The van der Waals surface area contributed by atoms with Crippen molar-refractivity contribution in [2.75, 3.05) is 14.2 Å². The zero-order chi connectivity index (χ0) is 20.6. The highest BCUT2D eigenvalue weighted by Gasteiger charge is 2.48. The van der Waals surface area contributed by atoms with Crippen LogP contribution < -0.4 is 20.9 Å². The fraction of sp³-hybridized carbons (Fsp3) is 0.238. The molecule has 0 fully saturated rings. The minimum atomic E-state index is -1.48. The van der Waals surface area contributed by atoms with E-state index in [0.717, 1.165) is 24.1 Å². The summed E-state index contributed by atoms with van der Waals surface area (Å²) in [5, 5.41) is 8.38. The van der Waals surface area contributed by atoms with E-state index in [1.54, 1.807) is 25.3 Å². The van der Waals surface area contributed by atoms with E-state index in [2.05, 4.69) is 16.1 Å². The summed E-state index contributed by atoms with van der Waals surface area (Å²) < 4.78 is 10.9. The molecule has 4 rings (SSSR count). The largest absolute Gasteiger partial charge is 0.497 e. The number of nitrogens with two attached hydrogens (primary N) is 2. The van der Waals surface area contributed by atoms with E-state index >= 15 is 0 Å². The lowest BCUT2D eigenvalue weighted by Gasteiger charge is -2.27. The highest BCUT2D eigenvalue weighted by Crippen LogP contribution is 2.40. The second-order valence-electron chi connectivity index (χ2n) is 6.81. The van der Waals surface area contributed by atoms with Gasteiger partial charge >= 0.3 is 0 Å². The van der Waals surface area contributed by atoms with E-state index in [9.17, 15) is 0 Å². The summed E-state index contributed by atoms with van der Waals surface area (Å²) in [6.45, 7) is 0. The van der Waals surface area contributed by atoms with Crippen LogP contribution in [0, 0.1) is 5.41 Å². The van der Waals surface area contributed by atoms with E-state index in [0.29, 0.717) is 17.1 Å². The van der Waals surface area contributed by atoms with Gasteiger partial charge in [0.05, 0.1) is 19.9 Å². The van der Waals surface area contributed by atoms with Gasteiger partial charge in [0, 0.05) is 5.56 Å². The Hall–Kier alpha value is -3.68. The van der Waals surface area contributed by atoms with Gasteiger partial charge < -0.3 is 20.9 Å². The van der Waals surface area contributed by atoms with Crippen LogP contribution in [0.4, 0.5) is 0 Å². The van der Waals surface area contributed by atoms with Gasteiger partial charge in [0.2, 0.25) is 11.5 Å². The first kappa shape index (κ1) is 18.7. The van der Waals surface area contributed by atoms with E-state index in [1.165, 1.54) is 12.7 Å². The first-order chi connectivity index (χ1) is 14.0. The molecule has 2 aromatic rings. The van der Waals surface area contributed by atoms with Crippen molar-refractivity contribution in [1.29, 1.82) is 5.41 Å². The average Bonchev–Trinajstić information content (AvgIpc) is 3.29. The number of hydrogen-bond donors (Lipinski definition) is 3. The van der Waals surface area contributed by atoms with Gasteiger partial charge in [-0.2, -0.15) is 4.99 Å². The number of fused-ring (bicyclic) bond motifs is 1. The quantitative estimate of drug-likeness (QED) is 0.544. The number of guanidine groups is 1. The summed E-state index contributed by atoms with van der Waals surface area (Å²) in [5.74, 6) is 1.06. The smallest absolute Gasteiger partial charge is 0.219 e. The van der Waals surface area contributed by atoms with Gasteiger partial charge in [0.1, 0.15) is 17.3 Å². The number of ether oxygens (including phenoxy) is 2. The second kappa shape index (κ2) is 7.05. The Kier molecular flexibility index (Phi) is 4.54. The lowest BCUT2D eigenvalue weighted by molar-refractivity contribution is 0.396. The summed E-state index contributed by atoms with van der Waals surface area (Å²) in [7, 11) is 3.10. The molecule has 1 aliphatic carbocycles. The highest BCUT2D eigenvalue weighted by molar-refractivity contribution is 6.24. The zero-order valence-electron chi connectivity index (χ0n) is 16.3. The van der Waals surface area contributed by atoms with Crippen molar-refractivity contribution in [2.45, 2.75) is 18.4 Å². The third-order valence-electron chi connectivity index (χ3n) is 5.21. The van der Waals surface area contributed by atoms with E-state index in [1.807, 2.05) is 18.2 Å². The van der Waals surface area contributed by atoms with E-state index in [4.69, 9.17) is 31.3 Å². The lowest BCUT2D eigenvalue weighted by atomic mass is 9.87. The van der Waals surface area contributed by atoms with Crippen LogP contribution in [0.5, 0.6) is 11.5 Å². The van der Waals surface area contributed by atoms with Crippen molar-refractivity contribution < 1.29 is 9.47 Å². The Balaban J connectivity index is 1.91. The average molecular weight is 390 g/mol. The van der Waals surface area contributed by atoms with Gasteiger partial charge in [-0.15, -0.1) is 0 Å². The molecule has 1 unspecified atom stereocenters. The Morgan fingerprint density at radius 1 is 1.14 bits per heavy atom. The maximum Gasteiger partial charge on any atom is 0.219 e. The maximum atomic E-state index is 8.38. The number of methoxy groups -OCH3 is 2. The van der Waals surface area contributed by atoms with Crippen LogP contribution in [-0.2, 0) is 12.0 Å². The molecule has 29 heavy (non-hydrogen) atoms. The molecule has 8 heteroatoms. The maximum absolute atomic E-state index is 8.38. The van der Waals surface area contributed by atoms with Gasteiger partial charge in [-0.05, 0) is 42.2 Å². The molecule has 0 saturated heterocycles. The van der Waals surface area contributed by atoms with Crippen molar-refractivity contribution >= 4 is 23.3 Å². The predicted molar refractivity (Wildman–Crippen MR) is 113 cm³/mol. The minimum absolute atomic E-state index is 0.00991. The first-order valence-electron chi connectivity index (χ1n) is 9.17. The van der Waals surface area contributed by atoms with Crippen LogP contribution in [0.3, 0.4) is 0 Å². The van der Waals surface area contributed by atoms with E-state index < -0.39 is 5.54 Å². The normalized spacial score (nSPS) is 21.5. The molecule has 0 bridgehead atoms. The molecule has 1 atom stereocenters. The number of amidine groups is 2. The van der Waals surface area contributed by atoms with E-state index in [-0.39, 0.29) is 17.6 Å². The number of rotatable bonds is 4. The molecule has 0 radical (unpaired) electrons. The number of aliphatic imine (C=N–C) groups is 3. The predicted octanol–water partition coefficient (Wildman–Crippen LogP) is 2.00. The minimum Gasteiger partial charge on any atom is -0.497 e. The molecule has 5 N–H and O–H groups in total. The Morgan fingerprint density at radius 3 is 2.66 bits per heavy atom. The first-order valence-corrected chi connectivity index (χ1v) is 9.17. The molecular formula is C21H22N6O2. The van der Waals surface area contributed by atoms with Crippen LogP contribution in [0.15, 0.2) is 57.4 Å². The van der Waals surface area contributed by atoms with Crippen LogP contribution in [0.2, 0.25) is 0 Å². The van der Waals surface area contributed by atoms with Crippen LogP contribution in [-0.4, -0.2) is 37.6 Å². The summed E-state index contributed by atoms with van der Waals surface area (Å²) >= 11 is 0. The third-order valence-corrected chi connectivity index (χ3v) is 5.21. The Morgan fingerprint density at radius 2 is 1.93 bits per heavy atom. The summed E-state index contributed by atoms with van der Waals surface area (Å²) in [4.78, 5) is 13.6. The molecule has 0 saturated carbocycles. The molecule has 8 nitrogen and oxygen atoms in total. The van der Waals surface area contributed by atoms with Crippen molar-refractivity contribution in [2.24, 2.45) is 26.4 Å². The molecule has 0 aromatic heterocycles. The Labute approximate surface area is 168 Å². The van der Waals surface area contributed by atoms with Crippen molar-refractivity contribution in [3.63, 3.8) is 0 Å².